The average Bonchev–Trinajstić information content (AvgIpc) is 2.60. The van der Waals surface area contributed by atoms with Gasteiger partial charge in [-0.2, -0.15) is 0 Å². The Hall–Kier alpha value is -1.97. The molecule has 84 valence electrons. The first-order chi connectivity index (χ1) is 7.66. The van der Waals surface area contributed by atoms with Crippen LogP contribution in [0.5, 0.6) is 0 Å². The lowest BCUT2D eigenvalue weighted by Crippen LogP contribution is -2.22. The predicted octanol–water partition coefficient (Wildman–Crippen LogP) is 1.69. The molecule has 4 heteroatoms. The molecule has 0 aliphatic carbocycles. The van der Waals surface area contributed by atoms with Gasteiger partial charge in [0.1, 0.15) is 5.58 Å². The normalized spacial score (nSPS) is 10.6. The van der Waals surface area contributed by atoms with Crippen LogP contribution in [0, 0.1) is 0 Å². The van der Waals surface area contributed by atoms with Gasteiger partial charge in [0, 0.05) is 30.1 Å². The Bertz CT molecular complexity index is 517. The van der Waals surface area contributed by atoms with Crippen molar-refractivity contribution in [3.8, 4) is 0 Å². The summed E-state index contributed by atoms with van der Waals surface area (Å²) in [6, 6.07) is 5.55. The Morgan fingerprint density at radius 1 is 1.50 bits per heavy atom. The van der Waals surface area contributed by atoms with E-state index in [1.165, 1.54) is 6.92 Å². The molecule has 1 aromatic heterocycles. The highest BCUT2D eigenvalue weighted by Crippen LogP contribution is 2.23. The van der Waals surface area contributed by atoms with Crippen LogP contribution in [0.3, 0.4) is 0 Å². The lowest BCUT2D eigenvalue weighted by atomic mass is 10.1. The molecule has 3 N–H and O–H groups in total. The molecule has 2 rings (SSSR count). The molecule has 2 aromatic rings. The van der Waals surface area contributed by atoms with Gasteiger partial charge >= 0.3 is 0 Å². The molecule has 0 fully saturated rings. The van der Waals surface area contributed by atoms with Crippen LogP contribution in [0.4, 0.5) is 5.69 Å². The quantitative estimate of drug-likeness (QED) is 0.770. The Balaban J connectivity index is 2.17. The fraction of sp³-hybridized carbons (Fsp3) is 0.250. The number of nitrogens with two attached hydrogens (primary N) is 1. The van der Waals surface area contributed by atoms with Crippen LogP contribution in [-0.4, -0.2) is 12.5 Å². The molecule has 0 radical (unpaired) electrons. The summed E-state index contributed by atoms with van der Waals surface area (Å²) in [5.41, 5.74) is 8.33. The third-order valence-electron chi connectivity index (χ3n) is 2.45. The molecule has 0 atom stereocenters. The van der Waals surface area contributed by atoms with Crippen LogP contribution in [0.1, 0.15) is 12.5 Å². The number of benzene rings is 1. The van der Waals surface area contributed by atoms with Crippen LogP contribution >= 0.6 is 0 Å². The van der Waals surface area contributed by atoms with Gasteiger partial charge in [-0.15, -0.1) is 0 Å². The van der Waals surface area contributed by atoms with Gasteiger partial charge in [0.15, 0.2) is 0 Å². The number of carbonyl (C=O) groups excluding carboxylic acids is 1. The third kappa shape index (κ3) is 2.16. The first kappa shape index (κ1) is 10.5. The van der Waals surface area contributed by atoms with Crippen molar-refractivity contribution in [2.24, 2.45) is 0 Å². The monoisotopic (exact) mass is 218 g/mol. The minimum atomic E-state index is -0.0210. The predicted molar refractivity (Wildman–Crippen MR) is 63.0 cm³/mol. The maximum absolute atomic E-state index is 10.7. The van der Waals surface area contributed by atoms with E-state index in [1.54, 1.807) is 6.26 Å². The summed E-state index contributed by atoms with van der Waals surface area (Å²) in [5, 5.41) is 3.77. The molecular formula is C12H14N2O2. The van der Waals surface area contributed by atoms with Gasteiger partial charge in [-0.05, 0) is 24.6 Å². The summed E-state index contributed by atoms with van der Waals surface area (Å²) in [6.45, 7) is 2.12. The zero-order chi connectivity index (χ0) is 11.5. The highest BCUT2D eigenvalue weighted by atomic mass is 16.3. The number of amides is 1. The van der Waals surface area contributed by atoms with Gasteiger partial charge in [-0.1, -0.05) is 0 Å². The van der Waals surface area contributed by atoms with E-state index in [-0.39, 0.29) is 5.91 Å². The molecular weight excluding hydrogens is 204 g/mol. The maximum Gasteiger partial charge on any atom is 0.216 e. The highest BCUT2D eigenvalue weighted by molar-refractivity contribution is 5.84. The van der Waals surface area contributed by atoms with Gasteiger partial charge in [0.05, 0.1) is 6.26 Å². The summed E-state index contributed by atoms with van der Waals surface area (Å²) < 4.78 is 5.39. The number of anilines is 1. The molecule has 1 heterocycles. The molecule has 0 spiro atoms. The largest absolute Gasteiger partial charge is 0.464 e. The van der Waals surface area contributed by atoms with Gasteiger partial charge in [0.25, 0.3) is 0 Å². The highest BCUT2D eigenvalue weighted by Gasteiger charge is 2.05. The van der Waals surface area contributed by atoms with Crippen LogP contribution in [-0.2, 0) is 11.2 Å². The van der Waals surface area contributed by atoms with Gasteiger partial charge < -0.3 is 15.5 Å². The van der Waals surface area contributed by atoms with E-state index in [9.17, 15) is 4.79 Å². The molecule has 16 heavy (non-hydrogen) atoms. The van der Waals surface area contributed by atoms with E-state index in [0.717, 1.165) is 28.6 Å². The second kappa shape index (κ2) is 4.26. The number of carbonyl (C=O) groups is 1. The van der Waals surface area contributed by atoms with Crippen molar-refractivity contribution in [1.29, 1.82) is 0 Å². The van der Waals surface area contributed by atoms with E-state index in [0.29, 0.717) is 6.54 Å². The van der Waals surface area contributed by atoms with Gasteiger partial charge in [-0.3, -0.25) is 4.79 Å². The second-order valence-electron chi connectivity index (χ2n) is 3.75. The second-order valence-corrected chi connectivity index (χ2v) is 3.75. The van der Waals surface area contributed by atoms with E-state index >= 15 is 0 Å². The number of furan rings is 1. The van der Waals surface area contributed by atoms with Crippen molar-refractivity contribution in [3.05, 3.63) is 30.0 Å². The maximum atomic E-state index is 10.7. The Morgan fingerprint density at radius 2 is 2.31 bits per heavy atom. The van der Waals surface area contributed by atoms with E-state index in [2.05, 4.69) is 5.32 Å². The van der Waals surface area contributed by atoms with Crippen molar-refractivity contribution >= 4 is 22.6 Å². The number of hydrogen-bond acceptors (Lipinski definition) is 3. The van der Waals surface area contributed by atoms with Gasteiger partial charge in [0.2, 0.25) is 5.91 Å². The van der Waals surface area contributed by atoms with E-state index < -0.39 is 0 Å². The topological polar surface area (TPSA) is 68.3 Å². The summed E-state index contributed by atoms with van der Waals surface area (Å²) >= 11 is 0. The van der Waals surface area contributed by atoms with Crippen molar-refractivity contribution < 1.29 is 9.21 Å². The Labute approximate surface area is 93.4 Å². The number of fused-ring (bicyclic) bond motifs is 1. The fourth-order valence-electron chi connectivity index (χ4n) is 1.67. The first-order valence-electron chi connectivity index (χ1n) is 5.17. The first-order valence-corrected chi connectivity index (χ1v) is 5.17. The van der Waals surface area contributed by atoms with Crippen LogP contribution < -0.4 is 11.1 Å². The van der Waals surface area contributed by atoms with Crippen LogP contribution in [0.15, 0.2) is 28.9 Å². The fourth-order valence-corrected chi connectivity index (χ4v) is 1.67. The molecule has 4 nitrogen and oxygen atoms in total. The molecule has 0 bridgehead atoms. The average molecular weight is 218 g/mol. The van der Waals surface area contributed by atoms with Crippen molar-refractivity contribution in [1.82, 2.24) is 5.32 Å². The number of rotatable bonds is 3. The zero-order valence-electron chi connectivity index (χ0n) is 9.12. The van der Waals surface area contributed by atoms with Crippen molar-refractivity contribution in [2.75, 3.05) is 12.3 Å². The number of nitrogens with one attached hydrogen (secondary N) is 1. The smallest absolute Gasteiger partial charge is 0.216 e. The van der Waals surface area contributed by atoms with Crippen molar-refractivity contribution in [2.45, 2.75) is 13.3 Å². The van der Waals surface area contributed by atoms with E-state index in [4.69, 9.17) is 10.2 Å². The van der Waals surface area contributed by atoms with Crippen LogP contribution in [0.2, 0.25) is 0 Å². The molecule has 0 aliphatic rings. The lowest BCUT2D eigenvalue weighted by Gasteiger charge is -2.00. The van der Waals surface area contributed by atoms with Crippen LogP contribution in [0.25, 0.3) is 11.0 Å². The lowest BCUT2D eigenvalue weighted by molar-refractivity contribution is -0.118. The summed E-state index contributed by atoms with van der Waals surface area (Å²) in [4.78, 5) is 10.7. The summed E-state index contributed by atoms with van der Waals surface area (Å²) in [5.74, 6) is -0.0210. The Morgan fingerprint density at radius 3 is 3.06 bits per heavy atom. The minimum Gasteiger partial charge on any atom is -0.464 e. The van der Waals surface area contributed by atoms with E-state index in [1.807, 2.05) is 18.2 Å². The molecule has 0 saturated heterocycles. The zero-order valence-corrected chi connectivity index (χ0v) is 9.12. The molecule has 0 saturated carbocycles. The molecule has 0 aliphatic heterocycles. The number of hydrogen-bond donors (Lipinski definition) is 2. The van der Waals surface area contributed by atoms with Gasteiger partial charge in [-0.25, -0.2) is 0 Å². The summed E-state index contributed by atoms with van der Waals surface area (Å²) in [6.07, 6.45) is 2.46. The number of nitrogen functional groups attached to an aromatic ring is 1. The third-order valence-corrected chi connectivity index (χ3v) is 2.45. The molecule has 1 aromatic carbocycles. The molecule has 0 unspecified atom stereocenters. The minimum absolute atomic E-state index is 0.0210. The van der Waals surface area contributed by atoms with Crippen molar-refractivity contribution in [3.63, 3.8) is 0 Å². The standard InChI is InChI=1S/C12H14N2O2/c1-8(15)14-5-4-9-7-16-12-3-2-10(13)6-11(9)12/h2-3,6-7H,4-5,13H2,1H3,(H,14,15). The SMILES string of the molecule is CC(=O)NCCc1coc2ccc(N)cc12. The Kier molecular flexibility index (Phi) is 2.81. The summed E-state index contributed by atoms with van der Waals surface area (Å²) in [7, 11) is 0. The molecule has 1 amide bonds.